The smallest absolute Gasteiger partial charge is 0.410 e. The van der Waals surface area contributed by atoms with E-state index in [2.05, 4.69) is 10.4 Å². The van der Waals surface area contributed by atoms with Crippen LogP contribution in [-0.2, 0) is 16.1 Å². The molecule has 0 radical (unpaired) electrons. The van der Waals surface area contributed by atoms with Crippen LogP contribution in [0.2, 0.25) is 0 Å². The third kappa shape index (κ3) is 5.25. The second-order valence-electron chi connectivity index (χ2n) is 7.32. The Kier molecular flexibility index (Phi) is 5.85. The molecule has 2 atom stereocenters. The van der Waals surface area contributed by atoms with Gasteiger partial charge >= 0.3 is 6.09 Å². The molecule has 0 aliphatic carbocycles. The third-order valence-corrected chi connectivity index (χ3v) is 3.84. The average Bonchev–Trinajstić information content (AvgIpc) is 2.98. The molecule has 1 aromatic rings. The maximum Gasteiger partial charge on any atom is 0.410 e. The molecule has 1 N–H and O–H groups in total. The predicted molar refractivity (Wildman–Crippen MR) is 90.4 cm³/mol. The number of rotatable bonds is 4. The van der Waals surface area contributed by atoms with Gasteiger partial charge in [-0.05, 0) is 53.0 Å². The number of ether oxygens (including phenoxy) is 1. The molecule has 7 nitrogen and oxygen atoms in total. The maximum atomic E-state index is 12.6. The number of likely N-dealkylation sites (tertiary alicyclic amines) is 1. The van der Waals surface area contributed by atoms with Crippen molar-refractivity contribution in [1.29, 1.82) is 0 Å². The lowest BCUT2D eigenvalue weighted by atomic mass is 10.0. The molecule has 2 amide bonds. The Morgan fingerprint density at radius 2 is 2.12 bits per heavy atom. The summed E-state index contributed by atoms with van der Waals surface area (Å²) in [5.74, 6) is -0.125. The molecule has 0 spiro atoms. The minimum Gasteiger partial charge on any atom is -0.444 e. The molecule has 1 fully saturated rings. The van der Waals surface area contributed by atoms with Crippen LogP contribution in [0.15, 0.2) is 18.5 Å². The molecule has 2 heterocycles. The van der Waals surface area contributed by atoms with Crippen LogP contribution in [0.3, 0.4) is 0 Å². The fraction of sp³-hybridized carbons (Fsp3) is 0.706. The number of nitrogens with zero attached hydrogens (tertiary/aromatic N) is 3. The molecule has 24 heavy (non-hydrogen) atoms. The van der Waals surface area contributed by atoms with Crippen molar-refractivity contribution in [2.24, 2.45) is 0 Å². The summed E-state index contributed by atoms with van der Waals surface area (Å²) in [5.41, 5.74) is -0.567. The summed E-state index contributed by atoms with van der Waals surface area (Å²) in [4.78, 5) is 26.6. The number of piperidine rings is 1. The topological polar surface area (TPSA) is 76.5 Å². The first-order valence-corrected chi connectivity index (χ1v) is 8.54. The van der Waals surface area contributed by atoms with Crippen molar-refractivity contribution in [3.63, 3.8) is 0 Å². The Morgan fingerprint density at radius 3 is 2.75 bits per heavy atom. The van der Waals surface area contributed by atoms with Gasteiger partial charge in [0.05, 0.1) is 6.54 Å². The quantitative estimate of drug-likeness (QED) is 0.914. The van der Waals surface area contributed by atoms with Crippen LogP contribution in [0.5, 0.6) is 0 Å². The summed E-state index contributed by atoms with van der Waals surface area (Å²) < 4.78 is 7.22. The highest BCUT2D eigenvalue weighted by molar-refractivity contribution is 5.86. The van der Waals surface area contributed by atoms with Gasteiger partial charge in [-0.2, -0.15) is 5.10 Å². The van der Waals surface area contributed by atoms with Crippen molar-refractivity contribution in [1.82, 2.24) is 20.0 Å². The zero-order chi connectivity index (χ0) is 17.7. The first-order chi connectivity index (χ1) is 11.3. The van der Waals surface area contributed by atoms with E-state index in [1.165, 1.54) is 0 Å². The fourth-order valence-corrected chi connectivity index (χ4v) is 2.82. The van der Waals surface area contributed by atoms with Gasteiger partial charge in [0.2, 0.25) is 5.91 Å². The Bertz CT molecular complexity index is 551. The molecular weight excluding hydrogens is 308 g/mol. The van der Waals surface area contributed by atoms with Crippen molar-refractivity contribution in [3.8, 4) is 0 Å². The first-order valence-electron chi connectivity index (χ1n) is 8.54. The van der Waals surface area contributed by atoms with Crippen LogP contribution in [0.25, 0.3) is 0 Å². The number of carbonyl (C=O) groups is 2. The van der Waals surface area contributed by atoms with Crippen molar-refractivity contribution in [2.75, 3.05) is 6.54 Å². The molecule has 0 aromatic carbocycles. The van der Waals surface area contributed by atoms with Gasteiger partial charge in [0.15, 0.2) is 0 Å². The van der Waals surface area contributed by atoms with Gasteiger partial charge in [-0.3, -0.25) is 14.4 Å². The van der Waals surface area contributed by atoms with E-state index in [0.29, 0.717) is 19.5 Å². The van der Waals surface area contributed by atoms with Crippen molar-refractivity contribution in [2.45, 2.75) is 71.2 Å². The Labute approximate surface area is 143 Å². The second kappa shape index (κ2) is 7.68. The number of aromatic nitrogens is 2. The minimum absolute atomic E-state index is 0.0696. The van der Waals surface area contributed by atoms with Crippen LogP contribution in [0.1, 0.15) is 47.0 Å². The molecule has 0 bridgehead atoms. The van der Waals surface area contributed by atoms with Crippen molar-refractivity contribution >= 4 is 12.0 Å². The lowest BCUT2D eigenvalue weighted by Crippen LogP contribution is -2.54. The van der Waals surface area contributed by atoms with E-state index >= 15 is 0 Å². The Balaban J connectivity index is 1.95. The van der Waals surface area contributed by atoms with Gasteiger partial charge in [0, 0.05) is 25.0 Å². The summed E-state index contributed by atoms with van der Waals surface area (Å²) in [6, 6.07) is 1.31. The molecule has 1 aromatic heterocycles. The normalized spacial score (nSPS) is 19.7. The number of hydrogen-bond acceptors (Lipinski definition) is 4. The highest BCUT2D eigenvalue weighted by atomic mass is 16.6. The molecule has 0 saturated carbocycles. The second-order valence-corrected chi connectivity index (χ2v) is 7.32. The monoisotopic (exact) mass is 336 g/mol. The summed E-state index contributed by atoms with van der Waals surface area (Å²) in [6.45, 7) is 8.57. The van der Waals surface area contributed by atoms with Gasteiger partial charge in [-0.15, -0.1) is 0 Å². The molecule has 1 aliphatic rings. The van der Waals surface area contributed by atoms with Crippen molar-refractivity contribution in [3.05, 3.63) is 18.5 Å². The molecule has 7 heteroatoms. The zero-order valence-electron chi connectivity index (χ0n) is 15.0. The van der Waals surface area contributed by atoms with Crippen LogP contribution in [-0.4, -0.2) is 50.9 Å². The van der Waals surface area contributed by atoms with Crippen LogP contribution >= 0.6 is 0 Å². The molecular formula is C17H28N4O3. The van der Waals surface area contributed by atoms with Gasteiger partial charge in [0.1, 0.15) is 11.6 Å². The number of hydrogen-bond donors (Lipinski definition) is 1. The van der Waals surface area contributed by atoms with Gasteiger partial charge in [0.25, 0.3) is 0 Å². The zero-order valence-corrected chi connectivity index (χ0v) is 15.0. The van der Waals surface area contributed by atoms with Crippen LogP contribution in [0, 0.1) is 0 Å². The van der Waals surface area contributed by atoms with Crippen molar-refractivity contribution < 1.29 is 14.3 Å². The predicted octanol–water partition coefficient (Wildman–Crippen LogP) is 2.18. The van der Waals surface area contributed by atoms with Crippen LogP contribution < -0.4 is 5.32 Å². The highest BCUT2D eigenvalue weighted by Gasteiger charge is 2.35. The number of carbonyl (C=O) groups excluding carboxylic acids is 2. The van der Waals surface area contributed by atoms with Crippen LogP contribution in [0.4, 0.5) is 4.79 Å². The summed E-state index contributed by atoms with van der Waals surface area (Å²) in [6.07, 6.45) is 5.65. The molecule has 0 unspecified atom stereocenters. The average molecular weight is 336 g/mol. The van der Waals surface area contributed by atoms with E-state index in [-0.39, 0.29) is 11.9 Å². The van der Waals surface area contributed by atoms with Gasteiger partial charge in [-0.1, -0.05) is 0 Å². The standard InChI is InChI=1S/C17H28N4O3/c1-13(12-20-10-7-9-18-20)19-15(22)14-8-5-6-11-21(14)16(23)24-17(2,3)4/h7,9-10,13-14H,5-6,8,11-12H2,1-4H3,(H,19,22)/t13-,14+/m1/s1. The molecule has 2 rings (SSSR count). The first kappa shape index (κ1) is 18.3. The Morgan fingerprint density at radius 1 is 1.38 bits per heavy atom. The lowest BCUT2D eigenvalue weighted by Gasteiger charge is -2.36. The lowest BCUT2D eigenvalue weighted by molar-refractivity contribution is -0.128. The van der Waals surface area contributed by atoms with E-state index in [4.69, 9.17) is 4.74 Å². The largest absolute Gasteiger partial charge is 0.444 e. The SMILES string of the molecule is C[C@H](Cn1cccn1)NC(=O)[C@@H]1CCCCN1C(=O)OC(C)(C)C. The third-order valence-electron chi connectivity index (χ3n) is 3.84. The highest BCUT2D eigenvalue weighted by Crippen LogP contribution is 2.20. The number of amides is 2. The summed E-state index contributed by atoms with van der Waals surface area (Å²) >= 11 is 0. The number of nitrogens with one attached hydrogen (secondary N) is 1. The fourth-order valence-electron chi connectivity index (χ4n) is 2.82. The molecule has 134 valence electrons. The van der Waals surface area contributed by atoms with E-state index in [9.17, 15) is 9.59 Å². The summed E-state index contributed by atoms with van der Waals surface area (Å²) in [7, 11) is 0. The molecule has 1 saturated heterocycles. The van der Waals surface area contributed by atoms with E-state index in [1.807, 2.05) is 40.0 Å². The Hall–Kier alpha value is -2.05. The minimum atomic E-state index is -0.567. The summed E-state index contributed by atoms with van der Waals surface area (Å²) in [5, 5.41) is 7.13. The van der Waals surface area contributed by atoms with Gasteiger partial charge < -0.3 is 10.1 Å². The maximum absolute atomic E-state index is 12.6. The van der Waals surface area contributed by atoms with E-state index in [0.717, 1.165) is 12.8 Å². The molecule has 1 aliphatic heterocycles. The van der Waals surface area contributed by atoms with Gasteiger partial charge in [-0.25, -0.2) is 4.79 Å². The van der Waals surface area contributed by atoms with E-state index in [1.54, 1.807) is 15.8 Å². The van der Waals surface area contributed by atoms with E-state index < -0.39 is 17.7 Å².